The minimum absolute atomic E-state index is 0.272. The number of anilines is 4. The average molecular weight is 487 g/mol. The maximum Gasteiger partial charge on any atom is 0.248 e. The van der Waals surface area contributed by atoms with Crippen molar-refractivity contribution in [3.63, 3.8) is 0 Å². The summed E-state index contributed by atoms with van der Waals surface area (Å²) in [6.45, 7) is 0. The number of nitrogen functional groups attached to an aromatic ring is 1. The fourth-order valence-electron chi connectivity index (χ4n) is 2.96. The fraction of sp³-hybridized carbons (Fsp3) is 0.0870. The number of carbonyl (C=O) groups is 2. The van der Waals surface area contributed by atoms with Gasteiger partial charge in [-0.3, -0.25) is 9.59 Å². The normalized spacial score (nSPS) is 10.7. The predicted molar refractivity (Wildman–Crippen MR) is 131 cm³/mol. The molecule has 33 heavy (non-hydrogen) atoms. The molecule has 0 atom stereocenters. The molecule has 0 saturated heterocycles. The zero-order valence-corrected chi connectivity index (χ0v) is 19.2. The molecule has 0 aliphatic heterocycles. The molecule has 3 rings (SSSR count). The summed E-state index contributed by atoms with van der Waals surface area (Å²) >= 11 is 11.9. The van der Waals surface area contributed by atoms with Gasteiger partial charge < -0.3 is 25.8 Å². The summed E-state index contributed by atoms with van der Waals surface area (Å²) in [7, 11) is 2.93. The molecule has 0 fully saturated rings. The number of aldehydes is 1. The van der Waals surface area contributed by atoms with Gasteiger partial charge in [-0.15, -0.1) is 0 Å². The van der Waals surface area contributed by atoms with E-state index >= 15 is 0 Å². The van der Waals surface area contributed by atoms with Gasteiger partial charge in [0.25, 0.3) is 0 Å². The summed E-state index contributed by atoms with van der Waals surface area (Å²) in [5.41, 5.74) is 7.99. The summed E-state index contributed by atoms with van der Waals surface area (Å²) in [6.07, 6.45) is 5.18. The SMILES string of the molecule is COc1cc(Nc2ncccc2/C=C/C(=O)Nc2cc(Cl)c(Cl)cc2N)cc(C=O)c1OC. The Morgan fingerprint density at radius 1 is 1.09 bits per heavy atom. The van der Waals surface area contributed by atoms with E-state index in [1.807, 2.05) is 0 Å². The number of amides is 1. The number of ether oxygens (including phenoxy) is 2. The van der Waals surface area contributed by atoms with Gasteiger partial charge in [0.2, 0.25) is 5.91 Å². The third kappa shape index (κ3) is 5.74. The van der Waals surface area contributed by atoms with E-state index in [0.29, 0.717) is 51.1 Å². The minimum atomic E-state index is -0.427. The lowest BCUT2D eigenvalue weighted by molar-refractivity contribution is -0.111. The van der Waals surface area contributed by atoms with Crippen LogP contribution in [0, 0.1) is 0 Å². The van der Waals surface area contributed by atoms with E-state index in [9.17, 15) is 9.59 Å². The Morgan fingerprint density at radius 3 is 2.55 bits per heavy atom. The van der Waals surface area contributed by atoms with Crippen molar-refractivity contribution in [3.8, 4) is 11.5 Å². The van der Waals surface area contributed by atoms with E-state index in [4.69, 9.17) is 38.4 Å². The predicted octanol–water partition coefficient (Wildman–Crippen LogP) is 5.20. The number of benzene rings is 2. The second kappa shape index (κ2) is 10.7. The van der Waals surface area contributed by atoms with Gasteiger partial charge in [-0.1, -0.05) is 23.2 Å². The number of nitrogens with one attached hydrogen (secondary N) is 2. The standard InChI is InChI=1S/C23H20Cl2N4O4/c1-32-20-9-15(8-14(12-30)22(20)33-2)28-23-13(4-3-7-27-23)5-6-21(31)29-19-11-17(25)16(24)10-18(19)26/h3-12H,26H2,1-2H3,(H,27,28)(H,29,31)/b6-5+. The van der Waals surface area contributed by atoms with Crippen LogP contribution in [0.25, 0.3) is 6.08 Å². The van der Waals surface area contributed by atoms with Crippen LogP contribution in [0.5, 0.6) is 11.5 Å². The number of methoxy groups -OCH3 is 2. The number of aromatic nitrogens is 1. The van der Waals surface area contributed by atoms with E-state index in [-0.39, 0.29) is 10.7 Å². The van der Waals surface area contributed by atoms with Crippen molar-refractivity contribution in [3.05, 3.63) is 69.8 Å². The van der Waals surface area contributed by atoms with Crippen LogP contribution in [0.1, 0.15) is 15.9 Å². The van der Waals surface area contributed by atoms with Crippen molar-refractivity contribution < 1.29 is 19.1 Å². The van der Waals surface area contributed by atoms with Gasteiger partial charge in [0.05, 0.1) is 41.2 Å². The Kier molecular flexibility index (Phi) is 7.76. The topological polar surface area (TPSA) is 116 Å². The maximum atomic E-state index is 12.4. The quantitative estimate of drug-likeness (QED) is 0.227. The van der Waals surface area contributed by atoms with Crippen LogP contribution in [-0.4, -0.2) is 31.4 Å². The first-order valence-corrected chi connectivity index (χ1v) is 10.3. The van der Waals surface area contributed by atoms with Crippen LogP contribution in [0.3, 0.4) is 0 Å². The number of carbonyl (C=O) groups excluding carboxylic acids is 2. The van der Waals surface area contributed by atoms with Gasteiger partial charge in [-0.25, -0.2) is 4.98 Å². The van der Waals surface area contributed by atoms with E-state index in [2.05, 4.69) is 15.6 Å². The highest BCUT2D eigenvalue weighted by Crippen LogP contribution is 2.35. The summed E-state index contributed by atoms with van der Waals surface area (Å²) in [5, 5.41) is 6.35. The smallest absolute Gasteiger partial charge is 0.248 e. The Morgan fingerprint density at radius 2 is 1.85 bits per heavy atom. The summed E-state index contributed by atoms with van der Waals surface area (Å²) < 4.78 is 10.6. The van der Waals surface area contributed by atoms with Crippen molar-refractivity contribution in [1.82, 2.24) is 4.98 Å². The van der Waals surface area contributed by atoms with Crippen LogP contribution in [-0.2, 0) is 4.79 Å². The van der Waals surface area contributed by atoms with Gasteiger partial charge in [-0.2, -0.15) is 0 Å². The molecule has 8 nitrogen and oxygen atoms in total. The zero-order chi connectivity index (χ0) is 24.0. The number of hydrogen-bond donors (Lipinski definition) is 3. The summed E-state index contributed by atoms with van der Waals surface area (Å²) in [5.74, 6) is 0.748. The second-order valence-corrected chi connectivity index (χ2v) is 7.48. The first-order chi connectivity index (χ1) is 15.9. The van der Waals surface area contributed by atoms with E-state index in [1.165, 1.54) is 32.4 Å². The third-order valence-corrected chi connectivity index (χ3v) is 5.22. The van der Waals surface area contributed by atoms with Crippen LogP contribution < -0.4 is 25.8 Å². The highest BCUT2D eigenvalue weighted by Gasteiger charge is 2.13. The first kappa shape index (κ1) is 23.9. The Labute approximate surface area is 200 Å². The molecule has 1 aromatic heterocycles. The summed E-state index contributed by atoms with van der Waals surface area (Å²) in [4.78, 5) is 28.2. The molecular formula is C23H20Cl2N4O4. The molecule has 0 bridgehead atoms. The molecular weight excluding hydrogens is 467 g/mol. The highest BCUT2D eigenvalue weighted by molar-refractivity contribution is 6.42. The van der Waals surface area contributed by atoms with Crippen LogP contribution in [0.15, 0.2) is 48.7 Å². The van der Waals surface area contributed by atoms with E-state index in [1.54, 1.807) is 36.5 Å². The number of nitrogens with zero attached hydrogens (tertiary/aromatic N) is 1. The first-order valence-electron chi connectivity index (χ1n) is 9.53. The number of nitrogens with two attached hydrogens (primary N) is 1. The summed E-state index contributed by atoms with van der Waals surface area (Å²) in [6, 6.07) is 9.72. The number of rotatable bonds is 8. The van der Waals surface area contributed by atoms with Gasteiger partial charge in [0.15, 0.2) is 17.8 Å². The zero-order valence-electron chi connectivity index (χ0n) is 17.7. The van der Waals surface area contributed by atoms with Gasteiger partial charge >= 0.3 is 0 Å². The molecule has 0 unspecified atom stereocenters. The molecule has 10 heteroatoms. The second-order valence-electron chi connectivity index (χ2n) is 6.66. The lowest BCUT2D eigenvalue weighted by Crippen LogP contribution is -2.09. The van der Waals surface area contributed by atoms with Crippen molar-refractivity contribution >= 4 is 64.4 Å². The van der Waals surface area contributed by atoms with Gasteiger partial charge in [-0.05, 0) is 36.4 Å². The molecule has 4 N–H and O–H groups in total. The lowest BCUT2D eigenvalue weighted by atomic mass is 10.1. The molecule has 1 heterocycles. The van der Waals surface area contributed by atoms with Crippen molar-refractivity contribution in [1.29, 1.82) is 0 Å². The monoisotopic (exact) mass is 486 g/mol. The van der Waals surface area contributed by atoms with Gasteiger partial charge in [0.1, 0.15) is 5.82 Å². The molecule has 170 valence electrons. The molecule has 2 aromatic carbocycles. The Hall–Kier alpha value is -3.75. The molecule has 1 amide bonds. The van der Waals surface area contributed by atoms with E-state index < -0.39 is 5.91 Å². The van der Waals surface area contributed by atoms with E-state index in [0.717, 1.165) is 0 Å². The van der Waals surface area contributed by atoms with Crippen LogP contribution >= 0.6 is 23.2 Å². The molecule has 0 saturated carbocycles. The van der Waals surface area contributed by atoms with Crippen LogP contribution in [0.4, 0.5) is 22.9 Å². The third-order valence-electron chi connectivity index (χ3n) is 4.50. The largest absolute Gasteiger partial charge is 0.493 e. The van der Waals surface area contributed by atoms with Crippen molar-refractivity contribution in [2.45, 2.75) is 0 Å². The van der Waals surface area contributed by atoms with Gasteiger partial charge in [0, 0.05) is 29.6 Å². The Balaban J connectivity index is 1.83. The number of hydrogen-bond acceptors (Lipinski definition) is 7. The Bertz CT molecular complexity index is 1230. The number of halogens is 2. The molecule has 0 radical (unpaired) electrons. The fourth-order valence-corrected chi connectivity index (χ4v) is 3.29. The van der Waals surface area contributed by atoms with Crippen LogP contribution in [0.2, 0.25) is 10.0 Å². The molecule has 0 spiro atoms. The average Bonchev–Trinajstić information content (AvgIpc) is 2.81. The maximum absolute atomic E-state index is 12.4. The lowest BCUT2D eigenvalue weighted by Gasteiger charge is -2.14. The minimum Gasteiger partial charge on any atom is -0.493 e. The van der Waals surface area contributed by atoms with Crippen molar-refractivity contribution in [2.75, 3.05) is 30.6 Å². The number of pyridine rings is 1. The molecule has 0 aliphatic rings. The highest BCUT2D eigenvalue weighted by atomic mass is 35.5. The molecule has 3 aromatic rings. The molecule has 0 aliphatic carbocycles. The van der Waals surface area contributed by atoms with Crippen molar-refractivity contribution in [2.24, 2.45) is 0 Å².